The molecule has 1 heterocycles. The number of aliphatic carboxylic acids is 1. The molecule has 1 rings (SSSR count). The summed E-state index contributed by atoms with van der Waals surface area (Å²) < 4.78 is 26.9. The van der Waals surface area contributed by atoms with Gasteiger partial charge in [0.25, 0.3) is 10.2 Å². The van der Waals surface area contributed by atoms with Crippen LogP contribution >= 0.6 is 0 Å². The molecule has 0 aromatic rings. The molecule has 2 atom stereocenters. The van der Waals surface area contributed by atoms with E-state index in [0.29, 0.717) is 13.1 Å². The number of aliphatic hydroxyl groups excluding tert-OH is 1. The van der Waals surface area contributed by atoms with Gasteiger partial charge in [-0.25, -0.2) is 0 Å². The molecule has 100 valence electrons. The van der Waals surface area contributed by atoms with Crippen molar-refractivity contribution in [3.8, 4) is 0 Å². The molecule has 0 saturated carbocycles. The number of aliphatic hydroxyl groups is 1. The van der Waals surface area contributed by atoms with Gasteiger partial charge in [-0.15, -0.1) is 0 Å². The topological polar surface area (TPSA) is 107 Å². The van der Waals surface area contributed by atoms with Gasteiger partial charge in [0.05, 0.1) is 6.61 Å². The first kappa shape index (κ1) is 14.4. The predicted molar refractivity (Wildman–Crippen MR) is 60.5 cm³/mol. The monoisotopic (exact) mass is 266 g/mol. The Balaban J connectivity index is 2.70. The Hall–Kier alpha value is -0.700. The maximum atomic E-state index is 11.8. The van der Waals surface area contributed by atoms with Crippen LogP contribution in [-0.2, 0) is 15.0 Å². The van der Waals surface area contributed by atoms with E-state index in [1.54, 1.807) is 0 Å². The number of hydrogen-bond acceptors (Lipinski definition) is 4. The highest BCUT2D eigenvalue weighted by Gasteiger charge is 2.31. The Morgan fingerprint density at radius 3 is 2.71 bits per heavy atom. The van der Waals surface area contributed by atoms with Crippen molar-refractivity contribution in [2.24, 2.45) is 5.92 Å². The number of carboxylic acids is 1. The second-order valence-electron chi connectivity index (χ2n) is 4.30. The lowest BCUT2D eigenvalue weighted by Gasteiger charge is -2.30. The maximum Gasteiger partial charge on any atom is 0.324 e. The summed E-state index contributed by atoms with van der Waals surface area (Å²) in [4.78, 5) is 10.6. The number of nitrogens with one attached hydrogen (secondary N) is 1. The van der Waals surface area contributed by atoms with E-state index in [4.69, 9.17) is 10.2 Å². The average Bonchev–Trinajstić information content (AvgIpc) is 2.25. The van der Waals surface area contributed by atoms with Crippen LogP contribution in [0.25, 0.3) is 0 Å². The Morgan fingerprint density at radius 1 is 1.59 bits per heavy atom. The molecule has 1 saturated heterocycles. The summed E-state index contributed by atoms with van der Waals surface area (Å²) in [5.74, 6) is -1.13. The van der Waals surface area contributed by atoms with Crippen molar-refractivity contribution in [1.29, 1.82) is 0 Å². The summed E-state index contributed by atoms with van der Waals surface area (Å²) in [5, 5.41) is 17.5. The third-order valence-electron chi connectivity index (χ3n) is 2.73. The molecular formula is C9H18N2O5S. The number of nitrogens with zero attached hydrogens (tertiary/aromatic N) is 1. The van der Waals surface area contributed by atoms with E-state index >= 15 is 0 Å². The molecule has 0 radical (unpaired) electrons. The van der Waals surface area contributed by atoms with Crippen LogP contribution in [0.4, 0.5) is 0 Å². The van der Waals surface area contributed by atoms with Crippen molar-refractivity contribution in [2.45, 2.75) is 25.8 Å². The molecule has 0 amide bonds. The zero-order valence-corrected chi connectivity index (χ0v) is 10.5. The SMILES string of the molecule is CC1CCCN(S(=O)(=O)N[C@@H](CO)C(=O)O)C1. The lowest BCUT2D eigenvalue weighted by atomic mass is 10.0. The van der Waals surface area contributed by atoms with Crippen molar-refractivity contribution in [1.82, 2.24) is 9.03 Å². The number of piperidine rings is 1. The minimum Gasteiger partial charge on any atom is -0.480 e. The van der Waals surface area contributed by atoms with Crippen molar-refractivity contribution in [3.63, 3.8) is 0 Å². The van der Waals surface area contributed by atoms with Crippen LogP contribution in [0, 0.1) is 5.92 Å². The highest BCUT2D eigenvalue weighted by molar-refractivity contribution is 7.87. The van der Waals surface area contributed by atoms with Crippen LogP contribution in [-0.4, -0.2) is 54.6 Å². The van der Waals surface area contributed by atoms with Gasteiger partial charge < -0.3 is 10.2 Å². The number of carbonyl (C=O) groups is 1. The fourth-order valence-corrected chi connectivity index (χ4v) is 3.29. The van der Waals surface area contributed by atoms with Gasteiger partial charge in [-0.3, -0.25) is 4.79 Å². The fourth-order valence-electron chi connectivity index (χ4n) is 1.78. The molecule has 0 aliphatic carbocycles. The molecule has 0 bridgehead atoms. The van der Waals surface area contributed by atoms with Crippen molar-refractivity contribution >= 4 is 16.2 Å². The molecule has 3 N–H and O–H groups in total. The molecule has 0 aromatic heterocycles. The molecule has 8 heteroatoms. The van der Waals surface area contributed by atoms with Crippen molar-refractivity contribution < 1.29 is 23.4 Å². The zero-order chi connectivity index (χ0) is 13.1. The van der Waals surface area contributed by atoms with Crippen LogP contribution in [0.2, 0.25) is 0 Å². The van der Waals surface area contributed by atoms with Gasteiger partial charge in [0.15, 0.2) is 0 Å². The number of carboxylic acid groups (broad SMARTS) is 1. The van der Waals surface area contributed by atoms with Gasteiger partial charge in [0, 0.05) is 13.1 Å². The lowest BCUT2D eigenvalue weighted by Crippen LogP contribution is -2.52. The summed E-state index contributed by atoms with van der Waals surface area (Å²) in [6.07, 6.45) is 1.73. The Labute approximate surface area is 101 Å². The van der Waals surface area contributed by atoms with E-state index in [9.17, 15) is 13.2 Å². The highest BCUT2D eigenvalue weighted by atomic mass is 32.2. The van der Waals surface area contributed by atoms with E-state index in [1.165, 1.54) is 4.31 Å². The molecule has 7 nitrogen and oxygen atoms in total. The maximum absolute atomic E-state index is 11.8. The first-order valence-corrected chi connectivity index (χ1v) is 6.92. The standard InChI is InChI=1S/C9H18N2O5S/c1-7-3-2-4-11(5-7)17(15,16)10-8(6-12)9(13)14/h7-8,10,12H,2-6H2,1H3,(H,13,14)/t7?,8-/m0/s1. The molecule has 1 aliphatic heterocycles. The van der Waals surface area contributed by atoms with Gasteiger partial charge in [-0.05, 0) is 18.8 Å². The first-order chi connectivity index (χ1) is 7.86. The normalized spacial score (nSPS) is 24.5. The van der Waals surface area contributed by atoms with Crippen LogP contribution in [0.3, 0.4) is 0 Å². The molecule has 0 aromatic carbocycles. The first-order valence-electron chi connectivity index (χ1n) is 5.48. The second kappa shape index (κ2) is 5.76. The quantitative estimate of drug-likeness (QED) is 0.591. The third kappa shape index (κ3) is 3.91. The van der Waals surface area contributed by atoms with Crippen LogP contribution < -0.4 is 4.72 Å². The lowest BCUT2D eigenvalue weighted by molar-refractivity contribution is -0.139. The van der Waals surface area contributed by atoms with Crippen LogP contribution in [0.5, 0.6) is 0 Å². The summed E-state index contributed by atoms with van der Waals surface area (Å²) in [7, 11) is -3.83. The smallest absolute Gasteiger partial charge is 0.324 e. The van der Waals surface area contributed by atoms with E-state index in [1.807, 2.05) is 11.6 Å². The van der Waals surface area contributed by atoms with E-state index < -0.39 is 28.8 Å². The summed E-state index contributed by atoms with van der Waals surface area (Å²) in [6, 6.07) is -1.49. The Morgan fingerprint density at radius 2 is 2.24 bits per heavy atom. The molecule has 0 spiro atoms. The molecule has 1 unspecified atom stereocenters. The Bertz CT molecular complexity index is 370. The third-order valence-corrected chi connectivity index (χ3v) is 4.33. The van der Waals surface area contributed by atoms with E-state index in [0.717, 1.165) is 12.8 Å². The Kier molecular flexibility index (Phi) is 4.87. The number of rotatable bonds is 5. The average molecular weight is 266 g/mol. The number of hydrogen-bond donors (Lipinski definition) is 3. The molecule has 17 heavy (non-hydrogen) atoms. The fraction of sp³-hybridized carbons (Fsp3) is 0.889. The summed E-state index contributed by atoms with van der Waals surface area (Å²) in [6.45, 7) is 1.95. The van der Waals surface area contributed by atoms with Crippen LogP contribution in [0.1, 0.15) is 19.8 Å². The largest absolute Gasteiger partial charge is 0.480 e. The molecule has 1 fully saturated rings. The van der Waals surface area contributed by atoms with Gasteiger partial charge >= 0.3 is 5.97 Å². The van der Waals surface area contributed by atoms with E-state index in [2.05, 4.69) is 0 Å². The second-order valence-corrected chi connectivity index (χ2v) is 6.00. The van der Waals surface area contributed by atoms with Gasteiger partial charge in [-0.1, -0.05) is 6.92 Å². The minimum atomic E-state index is -3.83. The predicted octanol–water partition coefficient (Wildman–Crippen LogP) is -1.00. The molecule has 1 aliphatic rings. The van der Waals surface area contributed by atoms with E-state index in [-0.39, 0.29) is 5.92 Å². The molecular weight excluding hydrogens is 248 g/mol. The van der Waals surface area contributed by atoms with Crippen LogP contribution in [0.15, 0.2) is 0 Å². The van der Waals surface area contributed by atoms with Gasteiger partial charge in [0.2, 0.25) is 0 Å². The zero-order valence-electron chi connectivity index (χ0n) is 9.66. The summed E-state index contributed by atoms with van der Waals surface area (Å²) >= 11 is 0. The highest BCUT2D eigenvalue weighted by Crippen LogP contribution is 2.17. The van der Waals surface area contributed by atoms with Gasteiger partial charge in [-0.2, -0.15) is 17.4 Å². The van der Waals surface area contributed by atoms with Crippen molar-refractivity contribution in [3.05, 3.63) is 0 Å². The minimum absolute atomic E-state index is 0.262. The van der Waals surface area contributed by atoms with Gasteiger partial charge in [0.1, 0.15) is 6.04 Å². The van der Waals surface area contributed by atoms with Crippen molar-refractivity contribution in [2.75, 3.05) is 19.7 Å². The summed E-state index contributed by atoms with van der Waals surface area (Å²) in [5.41, 5.74) is 0.